The van der Waals surface area contributed by atoms with Gasteiger partial charge < -0.3 is 13.7 Å². The molecule has 0 saturated carbocycles. The Hall–Kier alpha value is -2.38. The van der Waals surface area contributed by atoms with E-state index in [1.54, 1.807) is 45.0 Å². The van der Waals surface area contributed by atoms with Crippen molar-refractivity contribution in [3.63, 3.8) is 0 Å². The molecule has 0 aromatic heterocycles. The maximum absolute atomic E-state index is 12.1. The van der Waals surface area contributed by atoms with Crippen LogP contribution in [-0.4, -0.2) is 22.6 Å². The van der Waals surface area contributed by atoms with Gasteiger partial charge in [0.15, 0.2) is 0 Å². The molecular weight excluding hydrogens is 404 g/mol. The number of carbonyl (C=O) groups is 1. The summed E-state index contributed by atoms with van der Waals surface area (Å²) in [4.78, 5) is 12.1. The lowest BCUT2D eigenvalue weighted by molar-refractivity contribution is 0.0202. The molecular formula is C23H30O6S. The molecule has 0 heterocycles. The van der Waals surface area contributed by atoms with Gasteiger partial charge in [0, 0.05) is 5.56 Å². The number of hydrogen-bond donors (Lipinski definition) is 0. The molecule has 0 radical (unpaired) electrons. The Labute approximate surface area is 181 Å². The van der Waals surface area contributed by atoms with Crippen LogP contribution in [0.4, 0.5) is 4.79 Å². The topological polar surface area (TPSA) is 71.1 Å². The van der Waals surface area contributed by atoms with E-state index in [-0.39, 0.29) is 6.61 Å². The van der Waals surface area contributed by atoms with Gasteiger partial charge in [0.25, 0.3) is 0 Å². The molecule has 0 spiro atoms. The first kappa shape index (κ1) is 23.9. The highest BCUT2D eigenvalue weighted by Gasteiger charge is 2.27. The number of rotatable bonds is 8. The first-order valence-corrected chi connectivity index (χ1v) is 10.8. The largest absolute Gasteiger partial charge is 0.514 e. The number of hydrogen-bond acceptors (Lipinski definition) is 6. The number of para-hydroxylation sites is 1. The monoisotopic (exact) mass is 434 g/mol. The van der Waals surface area contributed by atoms with Crippen molar-refractivity contribution in [3.05, 3.63) is 59.7 Å². The summed E-state index contributed by atoms with van der Waals surface area (Å²) in [5, 5.41) is 0. The molecule has 0 aliphatic carbocycles. The summed E-state index contributed by atoms with van der Waals surface area (Å²) in [6, 6.07) is 14.5. The lowest BCUT2D eigenvalue weighted by Crippen LogP contribution is -2.27. The van der Waals surface area contributed by atoms with Crippen molar-refractivity contribution < 1.29 is 26.8 Å². The number of benzene rings is 2. The van der Waals surface area contributed by atoms with Crippen LogP contribution in [0.25, 0.3) is 0 Å². The van der Waals surface area contributed by atoms with E-state index in [9.17, 15) is 9.00 Å². The van der Waals surface area contributed by atoms with Crippen LogP contribution < -0.4 is 8.92 Å². The van der Waals surface area contributed by atoms with E-state index in [4.69, 9.17) is 17.8 Å². The van der Waals surface area contributed by atoms with E-state index in [1.165, 1.54) is 0 Å². The van der Waals surface area contributed by atoms with Gasteiger partial charge in [-0.25, -0.2) is 4.79 Å². The quantitative estimate of drug-likeness (QED) is 0.395. The van der Waals surface area contributed by atoms with Crippen LogP contribution in [0.15, 0.2) is 48.5 Å². The minimum absolute atomic E-state index is 0.201. The lowest BCUT2D eigenvalue weighted by Gasteiger charge is -2.27. The van der Waals surface area contributed by atoms with E-state index >= 15 is 0 Å². The minimum atomic E-state index is -1.90. The van der Waals surface area contributed by atoms with Crippen LogP contribution >= 0.6 is 0 Å². The summed E-state index contributed by atoms with van der Waals surface area (Å²) >= 11 is -1.90. The summed E-state index contributed by atoms with van der Waals surface area (Å²) in [5.41, 5.74) is 0.858. The van der Waals surface area contributed by atoms with Gasteiger partial charge in [0.1, 0.15) is 17.1 Å². The predicted molar refractivity (Wildman–Crippen MR) is 117 cm³/mol. The van der Waals surface area contributed by atoms with E-state index in [1.807, 2.05) is 45.0 Å². The SMILES string of the molecule is Cc1ccc(OS(=O)OCCC(C)(C)c2ccccc2OC(=O)OC(C)(C)C)cc1. The van der Waals surface area contributed by atoms with E-state index in [0.29, 0.717) is 17.9 Å². The molecule has 7 heteroatoms. The van der Waals surface area contributed by atoms with Crippen LogP contribution in [0.3, 0.4) is 0 Å². The van der Waals surface area contributed by atoms with Crippen molar-refractivity contribution in [2.24, 2.45) is 0 Å². The highest BCUT2D eigenvalue weighted by molar-refractivity contribution is 7.75. The van der Waals surface area contributed by atoms with Crippen molar-refractivity contribution in [2.45, 2.75) is 59.0 Å². The molecule has 0 saturated heterocycles. The number of carbonyl (C=O) groups excluding carboxylic acids is 1. The zero-order chi connectivity index (χ0) is 22.4. The summed E-state index contributed by atoms with van der Waals surface area (Å²) in [5.74, 6) is 0.906. The first-order valence-electron chi connectivity index (χ1n) is 9.77. The molecule has 2 rings (SSSR count). The fourth-order valence-corrected chi connectivity index (χ4v) is 3.21. The number of aryl methyl sites for hydroxylation is 1. The molecule has 2 aromatic rings. The summed E-state index contributed by atoms with van der Waals surface area (Å²) < 4.78 is 33.3. The lowest BCUT2D eigenvalue weighted by atomic mass is 9.81. The first-order chi connectivity index (χ1) is 14.0. The third kappa shape index (κ3) is 7.80. The molecule has 2 aromatic carbocycles. The second-order valence-corrected chi connectivity index (χ2v) is 9.43. The molecule has 0 N–H and O–H groups in total. The maximum atomic E-state index is 12.1. The fourth-order valence-electron chi connectivity index (χ4n) is 2.67. The minimum Gasteiger partial charge on any atom is -0.428 e. The van der Waals surface area contributed by atoms with Crippen molar-refractivity contribution in [1.29, 1.82) is 0 Å². The Morgan fingerprint density at radius 3 is 2.23 bits per heavy atom. The van der Waals surface area contributed by atoms with Gasteiger partial charge in [-0.3, -0.25) is 4.18 Å². The third-order valence-electron chi connectivity index (χ3n) is 4.29. The standard InChI is InChI=1S/C23H30O6S/c1-17-11-13-18(14-12-17)29-30(25)26-16-15-23(5,6)19-9-7-8-10-20(19)27-21(24)28-22(2,3)4/h7-14H,15-16H2,1-6H3. The average Bonchev–Trinajstić information content (AvgIpc) is 2.62. The molecule has 1 atom stereocenters. The van der Waals surface area contributed by atoms with E-state index in [0.717, 1.165) is 11.1 Å². The number of ether oxygens (including phenoxy) is 2. The van der Waals surface area contributed by atoms with Crippen molar-refractivity contribution >= 4 is 17.5 Å². The van der Waals surface area contributed by atoms with Gasteiger partial charge in [-0.05, 0) is 57.7 Å². The molecule has 0 aliphatic heterocycles. The second kappa shape index (κ2) is 10.1. The molecule has 164 valence electrons. The summed E-state index contributed by atoms with van der Waals surface area (Å²) in [7, 11) is 0. The Bertz CT molecular complexity index is 868. The second-order valence-electron chi connectivity index (χ2n) is 8.62. The van der Waals surface area contributed by atoms with Crippen molar-refractivity contribution in [3.8, 4) is 11.5 Å². The zero-order valence-electron chi connectivity index (χ0n) is 18.4. The van der Waals surface area contributed by atoms with Gasteiger partial charge in [-0.2, -0.15) is 4.21 Å². The molecule has 0 aliphatic rings. The van der Waals surface area contributed by atoms with Crippen LogP contribution in [0.5, 0.6) is 11.5 Å². The summed E-state index contributed by atoms with van der Waals surface area (Å²) in [6.45, 7) is 11.5. The molecule has 6 nitrogen and oxygen atoms in total. The normalized spacial score (nSPS) is 12.9. The molecule has 30 heavy (non-hydrogen) atoms. The van der Waals surface area contributed by atoms with Gasteiger partial charge in [-0.1, -0.05) is 49.7 Å². The van der Waals surface area contributed by atoms with Gasteiger partial charge >= 0.3 is 17.5 Å². The van der Waals surface area contributed by atoms with Crippen molar-refractivity contribution in [2.75, 3.05) is 6.61 Å². The average molecular weight is 435 g/mol. The smallest absolute Gasteiger partial charge is 0.428 e. The highest BCUT2D eigenvalue weighted by atomic mass is 32.2. The maximum Gasteiger partial charge on any atom is 0.514 e. The predicted octanol–water partition coefficient (Wildman–Crippen LogP) is 5.65. The van der Waals surface area contributed by atoms with Crippen LogP contribution in [0, 0.1) is 6.92 Å². The van der Waals surface area contributed by atoms with Gasteiger partial charge in [0.05, 0.1) is 6.61 Å². The van der Waals surface area contributed by atoms with Crippen molar-refractivity contribution in [1.82, 2.24) is 0 Å². The Morgan fingerprint density at radius 1 is 0.967 bits per heavy atom. The zero-order valence-corrected chi connectivity index (χ0v) is 19.2. The Balaban J connectivity index is 1.95. The van der Waals surface area contributed by atoms with E-state index < -0.39 is 28.5 Å². The van der Waals surface area contributed by atoms with Crippen LogP contribution in [0.1, 0.15) is 52.2 Å². The Kier molecular flexibility index (Phi) is 8.03. The van der Waals surface area contributed by atoms with Gasteiger partial charge in [-0.15, -0.1) is 0 Å². The molecule has 1 unspecified atom stereocenters. The van der Waals surface area contributed by atoms with Gasteiger partial charge in [0.2, 0.25) is 0 Å². The van der Waals surface area contributed by atoms with E-state index in [2.05, 4.69) is 0 Å². The third-order valence-corrected chi connectivity index (χ3v) is 4.98. The molecule has 0 amide bonds. The Morgan fingerprint density at radius 2 is 1.60 bits per heavy atom. The highest BCUT2D eigenvalue weighted by Crippen LogP contribution is 2.34. The fraction of sp³-hybridized carbons (Fsp3) is 0.435. The van der Waals surface area contributed by atoms with Crippen LogP contribution in [0.2, 0.25) is 0 Å². The summed E-state index contributed by atoms with van der Waals surface area (Å²) in [6.07, 6.45) is -0.223. The molecule has 0 bridgehead atoms. The molecule has 0 fully saturated rings. The van der Waals surface area contributed by atoms with Crippen LogP contribution in [-0.2, 0) is 25.7 Å².